The second kappa shape index (κ2) is 7.50. The van der Waals surface area contributed by atoms with E-state index in [1.54, 1.807) is 6.92 Å². The van der Waals surface area contributed by atoms with Gasteiger partial charge in [0.2, 0.25) is 0 Å². The maximum atomic E-state index is 11.3. The largest absolute Gasteiger partial charge is 0.388 e. The zero-order valence-electron chi connectivity index (χ0n) is 12.5. The van der Waals surface area contributed by atoms with Crippen LogP contribution in [0.1, 0.15) is 40.2 Å². The lowest BCUT2D eigenvalue weighted by molar-refractivity contribution is 0.102. The lowest BCUT2D eigenvalue weighted by Gasteiger charge is -2.18. The standard InChI is InChI=1S/C17H21NO2S/c1-13(19)17-10-14(12-21-17)11-18(2)9-8-16(20)15-6-4-3-5-7-15/h3-7,10,12,16,20H,8-9,11H2,1-2H3. The highest BCUT2D eigenvalue weighted by molar-refractivity contribution is 7.12. The van der Waals surface area contributed by atoms with E-state index in [1.165, 1.54) is 11.3 Å². The lowest BCUT2D eigenvalue weighted by Crippen LogP contribution is -2.20. The highest BCUT2D eigenvalue weighted by Gasteiger charge is 2.10. The Morgan fingerprint density at radius 2 is 2.05 bits per heavy atom. The smallest absolute Gasteiger partial charge is 0.169 e. The predicted octanol–water partition coefficient (Wildman–Crippen LogP) is 3.51. The van der Waals surface area contributed by atoms with Crippen LogP contribution in [-0.4, -0.2) is 29.4 Å². The number of Topliss-reactive ketones (excluding diaryl/α,β-unsaturated/α-hetero) is 1. The van der Waals surface area contributed by atoms with E-state index in [0.717, 1.165) is 29.1 Å². The molecule has 0 aliphatic heterocycles. The van der Waals surface area contributed by atoms with Crippen molar-refractivity contribution in [3.8, 4) is 0 Å². The molecule has 1 heterocycles. The molecule has 0 saturated heterocycles. The minimum atomic E-state index is -0.427. The van der Waals surface area contributed by atoms with Crippen LogP contribution in [0.4, 0.5) is 0 Å². The summed E-state index contributed by atoms with van der Waals surface area (Å²) in [6.45, 7) is 3.20. The van der Waals surface area contributed by atoms with E-state index in [9.17, 15) is 9.90 Å². The molecule has 0 radical (unpaired) electrons. The van der Waals surface area contributed by atoms with Crippen molar-refractivity contribution in [3.05, 3.63) is 57.8 Å². The molecule has 0 fully saturated rings. The summed E-state index contributed by atoms with van der Waals surface area (Å²) in [6, 6.07) is 11.7. The van der Waals surface area contributed by atoms with Crippen LogP contribution in [0.5, 0.6) is 0 Å². The number of hydrogen-bond acceptors (Lipinski definition) is 4. The third-order valence-electron chi connectivity index (χ3n) is 3.42. The lowest BCUT2D eigenvalue weighted by atomic mass is 10.1. The molecule has 1 N–H and O–H groups in total. The molecule has 0 aliphatic carbocycles. The molecule has 0 saturated carbocycles. The van der Waals surface area contributed by atoms with Crippen molar-refractivity contribution in [3.63, 3.8) is 0 Å². The molecule has 4 heteroatoms. The van der Waals surface area contributed by atoms with Crippen molar-refractivity contribution < 1.29 is 9.90 Å². The first-order valence-electron chi connectivity index (χ1n) is 7.06. The van der Waals surface area contributed by atoms with Crippen molar-refractivity contribution in [2.45, 2.75) is 26.0 Å². The van der Waals surface area contributed by atoms with Crippen molar-refractivity contribution in [1.82, 2.24) is 4.90 Å². The van der Waals surface area contributed by atoms with Crippen LogP contribution >= 0.6 is 11.3 Å². The van der Waals surface area contributed by atoms with Crippen LogP contribution in [0.3, 0.4) is 0 Å². The molecule has 0 aliphatic rings. The number of nitrogens with zero attached hydrogens (tertiary/aromatic N) is 1. The Kier molecular flexibility index (Phi) is 5.67. The fourth-order valence-corrected chi connectivity index (χ4v) is 3.02. The zero-order chi connectivity index (χ0) is 15.2. The first kappa shape index (κ1) is 15.9. The van der Waals surface area contributed by atoms with E-state index in [1.807, 2.05) is 48.8 Å². The van der Waals surface area contributed by atoms with Crippen LogP contribution in [-0.2, 0) is 6.54 Å². The quantitative estimate of drug-likeness (QED) is 0.796. The van der Waals surface area contributed by atoms with E-state index in [-0.39, 0.29) is 5.78 Å². The number of benzene rings is 1. The van der Waals surface area contributed by atoms with Gasteiger partial charge in [0.15, 0.2) is 5.78 Å². The number of hydrogen-bond donors (Lipinski definition) is 1. The second-order valence-electron chi connectivity index (χ2n) is 5.33. The summed E-state index contributed by atoms with van der Waals surface area (Å²) < 4.78 is 0. The Morgan fingerprint density at radius 1 is 1.33 bits per heavy atom. The molecular formula is C17H21NO2S. The van der Waals surface area contributed by atoms with Gasteiger partial charge in [0.25, 0.3) is 0 Å². The van der Waals surface area contributed by atoms with E-state index in [4.69, 9.17) is 0 Å². The van der Waals surface area contributed by atoms with Crippen LogP contribution in [0.25, 0.3) is 0 Å². The SMILES string of the molecule is CC(=O)c1cc(CN(C)CCC(O)c2ccccc2)cs1. The van der Waals surface area contributed by atoms with E-state index >= 15 is 0 Å². The van der Waals surface area contributed by atoms with Gasteiger partial charge in [-0.1, -0.05) is 30.3 Å². The van der Waals surface area contributed by atoms with Gasteiger partial charge in [-0.25, -0.2) is 0 Å². The van der Waals surface area contributed by atoms with Crippen molar-refractivity contribution in [2.24, 2.45) is 0 Å². The van der Waals surface area contributed by atoms with Gasteiger partial charge < -0.3 is 10.0 Å². The molecule has 21 heavy (non-hydrogen) atoms. The molecule has 0 amide bonds. The second-order valence-corrected chi connectivity index (χ2v) is 6.24. The van der Waals surface area contributed by atoms with Gasteiger partial charge in [0.05, 0.1) is 11.0 Å². The van der Waals surface area contributed by atoms with Gasteiger partial charge >= 0.3 is 0 Å². The highest BCUT2D eigenvalue weighted by Crippen LogP contribution is 2.19. The van der Waals surface area contributed by atoms with E-state index in [0.29, 0.717) is 6.42 Å². The number of ketones is 1. The van der Waals surface area contributed by atoms with Gasteiger partial charge in [-0.15, -0.1) is 11.3 Å². The summed E-state index contributed by atoms with van der Waals surface area (Å²) in [4.78, 5) is 14.3. The van der Waals surface area contributed by atoms with Gasteiger partial charge in [-0.3, -0.25) is 4.79 Å². The zero-order valence-corrected chi connectivity index (χ0v) is 13.3. The van der Waals surface area contributed by atoms with Crippen LogP contribution in [0.2, 0.25) is 0 Å². The van der Waals surface area contributed by atoms with Crippen LogP contribution < -0.4 is 0 Å². The Bertz CT molecular complexity index is 579. The fraction of sp³-hybridized carbons (Fsp3) is 0.353. The normalized spacial score (nSPS) is 12.6. The highest BCUT2D eigenvalue weighted by atomic mass is 32.1. The van der Waals surface area contributed by atoms with Crippen LogP contribution in [0.15, 0.2) is 41.8 Å². The predicted molar refractivity (Wildman–Crippen MR) is 86.7 cm³/mol. The number of carbonyl (C=O) groups is 1. The third-order valence-corrected chi connectivity index (χ3v) is 4.50. The monoisotopic (exact) mass is 303 g/mol. The number of rotatable bonds is 7. The van der Waals surface area contributed by atoms with Gasteiger partial charge in [-0.05, 0) is 43.0 Å². The summed E-state index contributed by atoms with van der Waals surface area (Å²) in [5.41, 5.74) is 2.11. The summed E-state index contributed by atoms with van der Waals surface area (Å²) in [7, 11) is 2.03. The average Bonchev–Trinajstić information content (AvgIpc) is 2.94. The number of aliphatic hydroxyl groups excluding tert-OH is 1. The Hall–Kier alpha value is -1.49. The van der Waals surface area contributed by atoms with Crippen molar-refractivity contribution >= 4 is 17.1 Å². The summed E-state index contributed by atoms with van der Waals surface area (Å²) >= 11 is 1.50. The maximum Gasteiger partial charge on any atom is 0.169 e. The average molecular weight is 303 g/mol. The van der Waals surface area contributed by atoms with Crippen LogP contribution in [0, 0.1) is 0 Å². The third kappa shape index (κ3) is 4.77. The fourth-order valence-electron chi connectivity index (χ4n) is 2.22. The molecule has 1 atom stereocenters. The van der Waals surface area contributed by atoms with Crippen molar-refractivity contribution in [2.75, 3.05) is 13.6 Å². The maximum absolute atomic E-state index is 11.3. The van der Waals surface area contributed by atoms with Crippen molar-refractivity contribution in [1.29, 1.82) is 0 Å². The molecule has 112 valence electrons. The minimum Gasteiger partial charge on any atom is -0.388 e. The minimum absolute atomic E-state index is 0.119. The Balaban J connectivity index is 1.81. The molecule has 2 aromatic rings. The number of aliphatic hydroxyl groups is 1. The van der Waals surface area contributed by atoms with Gasteiger partial charge in [0.1, 0.15) is 0 Å². The molecule has 0 spiro atoms. The molecule has 1 aromatic heterocycles. The van der Waals surface area contributed by atoms with E-state index < -0.39 is 6.10 Å². The first-order valence-corrected chi connectivity index (χ1v) is 7.94. The first-order chi connectivity index (χ1) is 10.1. The number of carbonyl (C=O) groups excluding carboxylic acids is 1. The topological polar surface area (TPSA) is 40.5 Å². The molecule has 2 rings (SSSR count). The summed E-state index contributed by atoms with van der Waals surface area (Å²) in [5.74, 6) is 0.119. The molecular weight excluding hydrogens is 282 g/mol. The molecule has 0 bridgehead atoms. The van der Waals surface area contributed by atoms with Gasteiger partial charge in [-0.2, -0.15) is 0 Å². The Labute approximate surface area is 129 Å². The summed E-state index contributed by atoms with van der Waals surface area (Å²) in [6.07, 6.45) is 0.272. The van der Waals surface area contributed by atoms with Gasteiger partial charge in [0, 0.05) is 13.1 Å². The Morgan fingerprint density at radius 3 is 2.67 bits per heavy atom. The molecule has 1 aromatic carbocycles. The van der Waals surface area contributed by atoms with E-state index in [2.05, 4.69) is 4.90 Å². The summed E-state index contributed by atoms with van der Waals surface area (Å²) in [5, 5.41) is 12.2. The number of thiophene rings is 1. The molecule has 3 nitrogen and oxygen atoms in total. The molecule has 1 unspecified atom stereocenters.